The molecule has 27 heavy (non-hydrogen) atoms. The first-order valence-corrected chi connectivity index (χ1v) is 9.48. The average Bonchev–Trinajstić information content (AvgIpc) is 3.12. The summed E-state index contributed by atoms with van der Waals surface area (Å²) in [7, 11) is 0. The van der Waals surface area contributed by atoms with Crippen molar-refractivity contribution < 1.29 is 14.7 Å². The van der Waals surface area contributed by atoms with Gasteiger partial charge >= 0.3 is 5.97 Å². The molecule has 6 nitrogen and oxygen atoms in total. The highest BCUT2D eigenvalue weighted by atomic mass is 16.4. The van der Waals surface area contributed by atoms with Crippen LogP contribution in [0.4, 0.5) is 11.4 Å². The number of fused-ring (bicyclic) bond motifs is 1. The summed E-state index contributed by atoms with van der Waals surface area (Å²) < 4.78 is 0. The van der Waals surface area contributed by atoms with E-state index in [0.29, 0.717) is 24.6 Å². The zero-order valence-electron chi connectivity index (χ0n) is 15.1. The zero-order chi connectivity index (χ0) is 18.8. The van der Waals surface area contributed by atoms with Gasteiger partial charge in [-0.3, -0.25) is 9.78 Å². The topological polar surface area (TPSA) is 82.5 Å². The van der Waals surface area contributed by atoms with Crippen LogP contribution in [0.3, 0.4) is 0 Å². The van der Waals surface area contributed by atoms with Crippen molar-refractivity contribution in [3.63, 3.8) is 0 Å². The highest BCUT2D eigenvalue weighted by Crippen LogP contribution is 2.35. The molecule has 1 atom stereocenters. The number of aromatic nitrogens is 1. The van der Waals surface area contributed by atoms with Crippen LogP contribution in [0.2, 0.25) is 0 Å². The molecule has 1 aromatic heterocycles. The van der Waals surface area contributed by atoms with Crippen LogP contribution in [0.25, 0.3) is 0 Å². The van der Waals surface area contributed by atoms with Crippen molar-refractivity contribution in [1.82, 2.24) is 4.98 Å². The standard InChI is InChI=1S/C21H23N3O3/c25-20-5-2-10-24(20)16-6-7-17-14(11-16)3-1-4-15(17)12-23-19-13-22-9-8-18(19)21(26)27/h6-9,11,13,15,23H,1-5,10,12H2,(H,26,27). The molecular weight excluding hydrogens is 342 g/mol. The molecule has 1 saturated heterocycles. The molecule has 1 amide bonds. The number of carboxylic acids is 1. The molecule has 0 saturated carbocycles. The molecule has 2 aromatic rings. The molecular formula is C21H23N3O3. The van der Waals surface area contributed by atoms with E-state index in [9.17, 15) is 14.7 Å². The van der Waals surface area contributed by atoms with Gasteiger partial charge in [-0.05, 0) is 55.0 Å². The quantitative estimate of drug-likeness (QED) is 0.848. The first-order valence-electron chi connectivity index (χ1n) is 9.48. The summed E-state index contributed by atoms with van der Waals surface area (Å²) in [6, 6.07) is 7.87. The number of aromatic carboxylic acids is 1. The largest absolute Gasteiger partial charge is 0.478 e. The molecule has 2 aliphatic rings. The molecule has 1 fully saturated rings. The molecule has 2 heterocycles. The van der Waals surface area contributed by atoms with Crippen LogP contribution in [-0.2, 0) is 11.2 Å². The number of benzene rings is 1. The van der Waals surface area contributed by atoms with Crippen molar-refractivity contribution in [2.24, 2.45) is 0 Å². The first-order chi connectivity index (χ1) is 13.1. The lowest BCUT2D eigenvalue weighted by Crippen LogP contribution is -2.25. The van der Waals surface area contributed by atoms with E-state index in [0.717, 1.165) is 37.9 Å². The third-order valence-electron chi connectivity index (χ3n) is 5.54. The van der Waals surface area contributed by atoms with Crippen LogP contribution in [0.15, 0.2) is 36.7 Å². The lowest BCUT2D eigenvalue weighted by atomic mass is 9.82. The minimum absolute atomic E-state index is 0.210. The Morgan fingerprint density at radius 1 is 1.26 bits per heavy atom. The van der Waals surface area contributed by atoms with Gasteiger partial charge in [-0.2, -0.15) is 0 Å². The van der Waals surface area contributed by atoms with Gasteiger partial charge in [-0.25, -0.2) is 4.79 Å². The summed E-state index contributed by atoms with van der Waals surface area (Å²) in [5, 5.41) is 12.6. The Balaban J connectivity index is 1.52. The molecule has 1 aliphatic heterocycles. The minimum atomic E-state index is -0.955. The van der Waals surface area contributed by atoms with Gasteiger partial charge in [0.2, 0.25) is 5.91 Å². The molecule has 1 unspecified atom stereocenters. The second-order valence-corrected chi connectivity index (χ2v) is 7.23. The molecule has 1 aliphatic carbocycles. The summed E-state index contributed by atoms with van der Waals surface area (Å²) in [4.78, 5) is 29.3. The van der Waals surface area contributed by atoms with Crippen LogP contribution < -0.4 is 10.2 Å². The summed E-state index contributed by atoms with van der Waals surface area (Å²) in [5.74, 6) is -0.426. The Morgan fingerprint density at radius 2 is 2.15 bits per heavy atom. The van der Waals surface area contributed by atoms with Gasteiger partial charge in [0.15, 0.2) is 0 Å². The fourth-order valence-corrected chi connectivity index (χ4v) is 4.16. The monoisotopic (exact) mass is 365 g/mol. The van der Waals surface area contributed by atoms with E-state index in [1.807, 2.05) is 11.0 Å². The van der Waals surface area contributed by atoms with E-state index in [4.69, 9.17) is 0 Å². The van der Waals surface area contributed by atoms with Gasteiger partial charge in [-0.1, -0.05) is 6.07 Å². The van der Waals surface area contributed by atoms with Crippen LogP contribution in [0.1, 0.15) is 53.1 Å². The van der Waals surface area contributed by atoms with E-state index in [2.05, 4.69) is 22.4 Å². The van der Waals surface area contributed by atoms with Gasteiger partial charge in [-0.15, -0.1) is 0 Å². The molecule has 0 spiro atoms. The second kappa shape index (κ2) is 7.39. The lowest BCUT2D eigenvalue weighted by molar-refractivity contribution is -0.117. The fraction of sp³-hybridized carbons (Fsp3) is 0.381. The predicted octanol–water partition coefficient (Wildman–Crippen LogP) is 3.44. The summed E-state index contributed by atoms with van der Waals surface area (Å²) in [6.45, 7) is 1.47. The third kappa shape index (κ3) is 3.52. The Labute approximate surface area is 158 Å². The van der Waals surface area contributed by atoms with Crippen molar-refractivity contribution in [3.05, 3.63) is 53.3 Å². The number of nitrogens with zero attached hydrogens (tertiary/aromatic N) is 2. The van der Waals surface area contributed by atoms with Gasteiger partial charge < -0.3 is 15.3 Å². The fourth-order valence-electron chi connectivity index (χ4n) is 4.16. The SMILES string of the molecule is O=C(O)c1ccncc1NCC1CCCc2cc(N3CCCC3=O)ccc21. The molecule has 0 radical (unpaired) electrons. The van der Waals surface area contributed by atoms with Crippen molar-refractivity contribution in [1.29, 1.82) is 0 Å². The Bertz CT molecular complexity index is 881. The van der Waals surface area contributed by atoms with E-state index in [1.54, 1.807) is 6.20 Å². The molecule has 0 bridgehead atoms. The molecule has 6 heteroatoms. The van der Waals surface area contributed by atoms with Crippen LogP contribution >= 0.6 is 0 Å². The van der Waals surface area contributed by atoms with Crippen LogP contribution in [0, 0.1) is 0 Å². The molecule has 1 aromatic carbocycles. The number of anilines is 2. The minimum Gasteiger partial charge on any atom is -0.478 e. The molecule has 140 valence electrons. The number of pyridine rings is 1. The Morgan fingerprint density at radius 3 is 2.93 bits per heavy atom. The van der Waals surface area contributed by atoms with Crippen molar-refractivity contribution in [3.8, 4) is 0 Å². The van der Waals surface area contributed by atoms with Gasteiger partial charge in [0.05, 0.1) is 17.4 Å². The highest BCUT2D eigenvalue weighted by Gasteiger charge is 2.25. The smallest absolute Gasteiger partial charge is 0.337 e. The molecule has 2 N–H and O–H groups in total. The van der Waals surface area contributed by atoms with E-state index >= 15 is 0 Å². The molecule has 4 rings (SSSR count). The van der Waals surface area contributed by atoms with Crippen molar-refractivity contribution in [2.75, 3.05) is 23.3 Å². The maximum Gasteiger partial charge on any atom is 0.337 e. The average molecular weight is 365 g/mol. The van der Waals surface area contributed by atoms with E-state index in [-0.39, 0.29) is 11.5 Å². The van der Waals surface area contributed by atoms with Crippen molar-refractivity contribution in [2.45, 2.75) is 38.0 Å². The van der Waals surface area contributed by atoms with Gasteiger partial charge in [0, 0.05) is 37.3 Å². The maximum atomic E-state index is 12.0. The number of carbonyl (C=O) groups is 2. The number of carbonyl (C=O) groups excluding carboxylic acids is 1. The Kier molecular flexibility index (Phi) is 4.79. The third-order valence-corrected chi connectivity index (χ3v) is 5.54. The van der Waals surface area contributed by atoms with E-state index < -0.39 is 5.97 Å². The summed E-state index contributed by atoms with van der Waals surface area (Å²) >= 11 is 0. The summed E-state index contributed by atoms with van der Waals surface area (Å²) in [5.41, 5.74) is 4.39. The maximum absolute atomic E-state index is 12.0. The number of amides is 1. The van der Waals surface area contributed by atoms with Crippen molar-refractivity contribution >= 4 is 23.3 Å². The predicted molar refractivity (Wildman–Crippen MR) is 103 cm³/mol. The zero-order valence-corrected chi connectivity index (χ0v) is 15.1. The van der Waals surface area contributed by atoms with Crippen LogP contribution in [0.5, 0.6) is 0 Å². The first kappa shape index (κ1) is 17.5. The lowest BCUT2D eigenvalue weighted by Gasteiger charge is -2.28. The van der Waals surface area contributed by atoms with E-state index in [1.165, 1.54) is 23.4 Å². The number of aryl methyl sites for hydroxylation is 1. The normalized spacial score (nSPS) is 19.0. The van der Waals surface area contributed by atoms with Gasteiger partial charge in [0.1, 0.15) is 0 Å². The number of carboxylic acid groups (broad SMARTS) is 1. The number of hydrogen-bond acceptors (Lipinski definition) is 4. The number of hydrogen-bond donors (Lipinski definition) is 2. The Hall–Kier alpha value is -2.89. The number of rotatable bonds is 5. The van der Waals surface area contributed by atoms with Crippen LogP contribution in [-0.4, -0.2) is 35.1 Å². The van der Waals surface area contributed by atoms with Gasteiger partial charge in [0.25, 0.3) is 0 Å². The second-order valence-electron chi connectivity index (χ2n) is 7.23. The highest BCUT2D eigenvalue weighted by molar-refractivity contribution is 5.95. The summed E-state index contributed by atoms with van der Waals surface area (Å²) in [6.07, 6.45) is 7.80. The number of nitrogens with one attached hydrogen (secondary N) is 1.